The van der Waals surface area contributed by atoms with Crippen molar-refractivity contribution in [3.05, 3.63) is 57.6 Å². The maximum Gasteiger partial charge on any atom is 0.246 e. The summed E-state index contributed by atoms with van der Waals surface area (Å²) in [6.07, 6.45) is 0. The molecular formula is C18H21BrN2O. The van der Waals surface area contributed by atoms with E-state index in [1.54, 1.807) is 0 Å². The van der Waals surface area contributed by atoms with Crippen molar-refractivity contribution in [1.82, 2.24) is 0 Å². The van der Waals surface area contributed by atoms with Crippen LogP contribution in [0.1, 0.15) is 23.6 Å². The summed E-state index contributed by atoms with van der Waals surface area (Å²) in [4.78, 5) is 12.4. The quantitative estimate of drug-likeness (QED) is 0.820. The first-order valence-electron chi connectivity index (χ1n) is 7.27. The van der Waals surface area contributed by atoms with E-state index < -0.39 is 0 Å². The van der Waals surface area contributed by atoms with Gasteiger partial charge in [0.05, 0.1) is 0 Å². The second kappa shape index (κ2) is 6.97. The van der Waals surface area contributed by atoms with Gasteiger partial charge in [0.1, 0.15) is 6.04 Å². The summed E-state index contributed by atoms with van der Waals surface area (Å²) in [5, 5.41) is 6.23. The van der Waals surface area contributed by atoms with Gasteiger partial charge in [0, 0.05) is 15.8 Å². The second-order valence-corrected chi connectivity index (χ2v) is 6.55. The van der Waals surface area contributed by atoms with Crippen LogP contribution in [0.2, 0.25) is 0 Å². The normalized spacial score (nSPS) is 11.9. The Morgan fingerprint density at radius 1 is 1.05 bits per heavy atom. The maximum absolute atomic E-state index is 12.4. The van der Waals surface area contributed by atoms with E-state index in [1.807, 2.05) is 45.0 Å². The molecule has 0 unspecified atom stereocenters. The Labute approximate surface area is 140 Å². The lowest BCUT2D eigenvalue weighted by Gasteiger charge is -2.18. The van der Waals surface area contributed by atoms with Crippen LogP contribution < -0.4 is 10.6 Å². The van der Waals surface area contributed by atoms with Gasteiger partial charge in [0.15, 0.2) is 0 Å². The molecule has 116 valence electrons. The zero-order valence-corrected chi connectivity index (χ0v) is 14.9. The monoisotopic (exact) mass is 360 g/mol. The lowest BCUT2D eigenvalue weighted by Crippen LogP contribution is -2.32. The molecule has 1 atom stereocenters. The minimum Gasteiger partial charge on any atom is -0.374 e. The lowest BCUT2D eigenvalue weighted by molar-refractivity contribution is -0.116. The highest BCUT2D eigenvalue weighted by molar-refractivity contribution is 9.10. The van der Waals surface area contributed by atoms with Crippen LogP contribution in [0.25, 0.3) is 0 Å². The van der Waals surface area contributed by atoms with Crippen LogP contribution >= 0.6 is 15.9 Å². The number of amides is 1. The van der Waals surface area contributed by atoms with E-state index in [4.69, 9.17) is 0 Å². The van der Waals surface area contributed by atoms with E-state index in [9.17, 15) is 4.79 Å². The van der Waals surface area contributed by atoms with Gasteiger partial charge in [-0.15, -0.1) is 0 Å². The van der Waals surface area contributed by atoms with Crippen LogP contribution in [0.5, 0.6) is 0 Å². The van der Waals surface area contributed by atoms with E-state index in [1.165, 1.54) is 5.56 Å². The standard InChI is InChI=1S/C18H21BrN2O/c1-11-9-12(2)17(13(3)10-11)21-18(22)14(4)20-16-7-5-15(19)6-8-16/h5-10,14,20H,1-4H3,(H,21,22)/t14-/m1/s1. The van der Waals surface area contributed by atoms with Gasteiger partial charge in [0.2, 0.25) is 5.91 Å². The maximum atomic E-state index is 12.4. The molecule has 0 saturated heterocycles. The summed E-state index contributed by atoms with van der Waals surface area (Å²) in [7, 11) is 0. The minimum atomic E-state index is -0.318. The zero-order valence-electron chi connectivity index (χ0n) is 13.3. The number of anilines is 2. The van der Waals surface area contributed by atoms with Gasteiger partial charge in [-0.3, -0.25) is 4.79 Å². The lowest BCUT2D eigenvalue weighted by atomic mass is 10.0. The van der Waals surface area contributed by atoms with Crippen molar-refractivity contribution in [1.29, 1.82) is 0 Å². The number of hydrogen-bond donors (Lipinski definition) is 2. The van der Waals surface area contributed by atoms with E-state index in [0.29, 0.717) is 0 Å². The van der Waals surface area contributed by atoms with Crippen molar-refractivity contribution in [3.8, 4) is 0 Å². The highest BCUT2D eigenvalue weighted by atomic mass is 79.9. The van der Waals surface area contributed by atoms with Crippen LogP contribution in [-0.4, -0.2) is 11.9 Å². The molecule has 0 spiro atoms. The number of rotatable bonds is 4. The summed E-state index contributed by atoms with van der Waals surface area (Å²) in [6.45, 7) is 7.95. The van der Waals surface area contributed by atoms with Gasteiger partial charge in [0.25, 0.3) is 0 Å². The Morgan fingerprint density at radius 3 is 2.14 bits per heavy atom. The molecule has 2 N–H and O–H groups in total. The fourth-order valence-electron chi connectivity index (χ4n) is 2.47. The number of nitrogens with one attached hydrogen (secondary N) is 2. The predicted molar refractivity (Wildman–Crippen MR) is 96.5 cm³/mol. The molecule has 4 heteroatoms. The molecule has 0 heterocycles. The molecule has 2 aromatic rings. The van der Waals surface area contributed by atoms with E-state index in [0.717, 1.165) is 27.0 Å². The van der Waals surface area contributed by atoms with Gasteiger partial charge >= 0.3 is 0 Å². The van der Waals surface area contributed by atoms with Crippen molar-refractivity contribution in [3.63, 3.8) is 0 Å². The minimum absolute atomic E-state index is 0.0435. The average molecular weight is 361 g/mol. The summed E-state index contributed by atoms with van der Waals surface area (Å²) in [6, 6.07) is 11.6. The Bertz CT molecular complexity index is 657. The molecule has 0 radical (unpaired) electrons. The van der Waals surface area contributed by atoms with Gasteiger partial charge < -0.3 is 10.6 Å². The highest BCUT2D eigenvalue weighted by Gasteiger charge is 2.15. The Hall–Kier alpha value is -1.81. The topological polar surface area (TPSA) is 41.1 Å². The summed E-state index contributed by atoms with van der Waals surface area (Å²) in [5.74, 6) is -0.0435. The van der Waals surface area contributed by atoms with Crippen LogP contribution in [0.15, 0.2) is 40.9 Å². The Morgan fingerprint density at radius 2 is 1.59 bits per heavy atom. The number of halogens is 1. The molecular weight excluding hydrogens is 340 g/mol. The zero-order chi connectivity index (χ0) is 16.3. The third-order valence-corrected chi connectivity index (χ3v) is 4.07. The molecule has 3 nitrogen and oxygen atoms in total. The van der Waals surface area contributed by atoms with Crippen molar-refractivity contribution in [2.45, 2.75) is 33.7 Å². The molecule has 0 saturated carbocycles. The van der Waals surface area contributed by atoms with Crippen molar-refractivity contribution < 1.29 is 4.79 Å². The number of benzene rings is 2. The number of carbonyl (C=O) groups is 1. The van der Waals surface area contributed by atoms with Crippen LogP contribution in [-0.2, 0) is 4.79 Å². The first-order valence-corrected chi connectivity index (χ1v) is 8.07. The largest absolute Gasteiger partial charge is 0.374 e. The Kier molecular flexibility index (Phi) is 5.24. The van der Waals surface area contributed by atoms with Gasteiger partial charge in [-0.25, -0.2) is 0 Å². The van der Waals surface area contributed by atoms with Crippen molar-refractivity contribution in [2.75, 3.05) is 10.6 Å². The summed E-state index contributed by atoms with van der Waals surface area (Å²) in [5.41, 5.74) is 5.20. The van der Waals surface area contributed by atoms with Crippen molar-refractivity contribution >= 4 is 33.2 Å². The molecule has 0 fully saturated rings. The molecule has 2 aromatic carbocycles. The summed E-state index contributed by atoms with van der Waals surface area (Å²) >= 11 is 3.40. The van der Waals surface area contributed by atoms with Gasteiger partial charge in [-0.05, 0) is 63.1 Å². The van der Waals surface area contributed by atoms with E-state index >= 15 is 0 Å². The Balaban J connectivity index is 2.07. The van der Waals surface area contributed by atoms with Crippen molar-refractivity contribution in [2.24, 2.45) is 0 Å². The molecule has 0 aliphatic carbocycles. The van der Waals surface area contributed by atoms with E-state index in [-0.39, 0.29) is 11.9 Å². The summed E-state index contributed by atoms with van der Waals surface area (Å²) < 4.78 is 1.01. The third kappa shape index (κ3) is 4.10. The SMILES string of the molecule is Cc1cc(C)c(NC(=O)[C@@H](C)Nc2ccc(Br)cc2)c(C)c1. The molecule has 0 aliphatic rings. The first kappa shape index (κ1) is 16.6. The number of carbonyl (C=O) groups excluding carboxylic acids is 1. The molecule has 0 aromatic heterocycles. The second-order valence-electron chi connectivity index (χ2n) is 5.64. The smallest absolute Gasteiger partial charge is 0.246 e. The van der Waals surface area contributed by atoms with E-state index in [2.05, 4.69) is 45.6 Å². The third-order valence-electron chi connectivity index (χ3n) is 3.55. The molecule has 22 heavy (non-hydrogen) atoms. The molecule has 1 amide bonds. The van der Waals surface area contributed by atoms with Gasteiger partial charge in [-0.1, -0.05) is 33.6 Å². The molecule has 2 rings (SSSR count). The number of aryl methyl sites for hydroxylation is 3. The molecule has 0 bridgehead atoms. The average Bonchev–Trinajstić information content (AvgIpc) is 2.45. The van der Waals surface area contributed by atoms with Crippen LogP contribution in [0.4, 0.5) is 11.4 Å². The van der Waals surface area contributed by atoms with Crippen LogP contribution in [0.3, 0.4) is 0 Å². The highest BCUT2D eigenvalue weighted by Crippen LogP contribution is 2.22. The molecule has 0 aliphatic heterocycles. The fraction of sp³-hybridized carbons (Fsp3) is 0.278. The predicted octanol–water partition coefficient (Wildman–Crippen LogP) is 4.81. The van der Waals surface area contributed by atoms with Gasteiger partial charge in [-0.2, -0.15) is 0 Å². The fourth-order valence-corrected chi connectivity index (χ4v) is 2.73. The number of hydrogen-bond acceptors (Lipinski definition) is 2. The van der Waals surface area contributed by atoms with Crippen LogP contribution in [0, 0.1) is 20.8 Å². The first-order chi connectivity index (χ1) is 10.4.